The molecule has 1 saturated heterocycles. The second kappa shape index (κ2) is 7.61. The third-order valence-corrected chi connectivity index (χ3v) is 7.92. The van der Waals surface area contributed by atoms with Gasteiger partial charge in [-0.2, -0.15) is 4.31 Å². The monoisotopic (exact) mass is 416 g/mol. The number of hydrogen-bond acceptors (Lipinski definition) is 4. The van der Waals surface area contributed by atoms with Gasteiger partial charge in [0.2, 0.25) is 5.09 Å². The van der Waals surface area contributed by atoms with Crippen molar-refractivity contribution in [3.63, 3.8) is 0 Å². The Hall–Kier alpha value is -2.12. The van der Waals surface area contributed by atoms with Crippen LogP contribution < -0.4 is 5.32 Å². The second-order valence-corrected chi connectivity index (χ2v) is 10.5. The maximum absolute atomic E-state index is 12.8. The maximum Gasteiger partial charge on any atom is 0.287 e. The molecule has 1 aromatic carbocycles. The third-order valence-electron chi connectivity index (χ3n) is 6.14. The Kier molecular flexibility index (Phi) is 5.29. The summed E-state index contributed by atoms with van der Waals surface area (Å²) < 4.78 is 32.4. The molecule has 156 valence electrons. The quantitative estimate of drug-likeness (QED) is 0.817. The molecule has 6 nitrogen and oxygen atoms in total. The van der Waals surface area contributed by atoms with Crippen LogP contribution in [0.1, 0.15) is 73.7 Å². The van der Waals surface area contributed by atoms with Crippen molar-refractivity contribution >= 4 is 15.9 Å². The van der Waals surface area contributed by atoms with E-state index in [9.17, 15) is 13.2 Å². The summed E-state index contributed by atoms with van der Waals surface area (Å²) >= 11 is 0. The first kappa shape index (κ1) is 20.2. The van der Waals surface area contributed by atoms with Gasteiger partial charge in [-0.05, 0) is 54.4 Å². The van der Waals surface area contributed by atoms with Crippen LogP contribution >= 0.6 is 0 Å². The number of nitrogens with one attached hydrogen (secondary N) is 1. The van der Waals surface area contributed by atoms with E-state index in [1.807, 2.05) is 12.1 Å². The molecule has 1 amide bonds. The summed E-state index contributed by atoms with van der Waals surface area (Å²) in [5.74, 6) is -0.354. The van der Waals surface area contributed by atoms with Crippen molar-refractivity contribution in [3.8, 4) is 0 Å². The molecule has 29 heavy (non-hydrogen) atoms. The lowest BCUT2D eigenvalue weighted by Crippen LogP contribution is -2.36. The second-order valence-electron chi connectivity index (χ2n) is 8.62. The number of fused-ring (bicyclic) bond motifs is 1. The Morgan fingerprint density at radius 3 is 2.59 bits per heavy atom. The topological polar surface area (TPSA) is 79.6 Å². The molecule has 0 saturated carbocycles. The van der Waals surface area contributed by atoms with Gasteiger partial charge in [-0.1, -0.05) is 44.5 Å². The van der Waals surface area contributed by atoms with Crippen LogP contribution in [0.3, 0.4) is 0 Å². The molecule has 0 spiro atoms. The Bertz CT molecular complexity index is 1000. The van der Waals surface area contributed by atoms with Crippen LogP contribution in [-0.4, -0.2) is 31.7 Å². The molecular weight excluding hydrogens is 388 g/mol. The average Bonchev–Trinajstić information content (AvgIpc) is 3.22. The van der Waals surface area contributed by atoms with Crippen LogP contribution in [0.25, 0.3) is 0 Å². The summed E-state index contributed by atoms with van der Waals surface area (Å²) in [7, 11) is -3.69. The predicted molar refractivity (Wildman–Crippen MR) is 110 cm³/mol. The van der Waals surface area contributed by atoms with Gasteiger partial charge in [0.05, 0.1) is 6.04 Å². The molecule has 1 aliphatic heterocycles. The van der Waals surface area contributed by atoms with Crippen LogP contribution in [0, 0.1) is 0 Å². The SMILES string of the molecule is CC1(C)CC[C@H](NC(=O)c2ccc(S(=O)(=O)N3CCCCC3)o2)c2ccccc21. The van der Waals surface area contributed by atoms with Crippen LogP contribution in [0.15, 0.2) is 45.9 Å². The number of furan rings is 1. The lowest BCUT2D eigenvalue weighted by molar-refractivity contribution is 0.0895. The Balaban J connectivity index is 1.52. The van der Waals surface area contributed by atoms with Gasteiger partial charge in [0.1, 0.15) is 0 Å². The summed E-state index contributed by atoms with van der Waals surface area (Å²) in [6.45, 7) is 5.43. The highest BCUT2D eigenvalue weighted by Crippen LogP contribution is 2.41. The van der Waals surface area contributed by atoms with Crippen molar-refractivity contribution in [1.82, 2.24) is 9.62 Å². The highest BCUT2D eigenvalue weighted by atomic mass is 32.2. The van der Waals surface area contributed by atoms with Gasteiger partial charge in [-0.3, -0.25) is 4.79 Å². The highest BCUT2D eigenvalue weighted by molar-refractivity contribution is 7.89. The average molecular weight is 417 g/mol. The lowest BCUT2D eigenvalue weighted by Gasteiger charge is -2.37. The first-order valence-corrected chi connectivity index (χ1v) is 11.7. The van der Waals surface area contributed by atoms with Crippen LogP contribution in [0.4, 0.5) is 0 Å². The molecule has 0 bridgehead atoms. The molecule has 1 atom stereocenters. The van der Waals surface area contributed by atoms with E-state index in [1.54, 1.807) is 0 Å². The summed E-state index contributed by atoms with van der Waals surface area (Å²) in [4.78, 5) is 12.8. The number of sulfonamides is 1. The van der Waals surface area contributed by atoms with Gasteiger partial charge in [-0.15, -0.1) is 0 Å². The zero-order valence-electron chi connectivity index (χ0n) is 17.0. The first-order valence-electron chi connectivity index (χ1n) is 10.3. The Labute approximate surface area is 172 Å². The van der Waals surface area contributed by atoms with E-state index in [4.69, 9.17) is 4.42 Å². The molecule has 1 aromatic heterocycles. The minimum Gasteiger partial charge on any atom is -0.438 e. The van der Waals surface area contributed by atoms with Crippen molar-refractivity contribution in [3.05, 3.63) is 53.3 Å². The van der Waals surface area contributed by atoms with Gasteiger partial charge in [-0.25, -0.2) is 8.42 Å². The normalized spacial score (nSPS) is 22.1. The minimum atomic E-state index is -3.69. The zero-order valence-corrected chi connectivity index (χ0v) is 17.8. The smallest absolute Gasteiger partial charge is 0.287 e. The van der Waals surface area contributed by atoms with E-state index in [0.717, 1.165) is 37.7 Å². The maximum atomic E-state index is 12.8. The van der Waals surface area contributed by atoms with Crippen molar-refractivity contribution in [2.45, 2.75) is 62.5 Å². The fourth-order valence-electron chi connectivity index (χ4n) is 4.41. The van der Waals surface area contributed by atoms with E-state index in [-0.39, 0.29) is 28.2 Å². The van der Waals surface area contributed by atoms with Gasteiger partial charge < -0.3 is 9.73 Å². The zero-order chi connectivity index (χ0) is 20.6. The molecule has 7 heteroatoms. The lowest BCUT2D eigenvalue weighted by atomic mass is 9.71. The summed E-state index contributed by atoms with van der Waals surface area (Å²) in [5.41, 5.74) is 2.42. The molecule has 2 aromatic rings. The number of benzene rings is 1. The third kappa shape index (κ3) is 3.85. The molecule has 1 fully saturated rings. The number of carbonyl (C=O) groups is 1. The van der Waals surface area contributed by atoms with E-state index >= 15 is 0 Å². The number of piperidine rings is 1. The summed E-state index contributed by atoms with van der Waals surface area (Å²) in [6.07, 6.45) is 4.53. The van der Waals surface area contributed by atoms with E-state index < -0.39 is 10.0 Å². The molecule has 0 radical (unpaired) electrons. The molecule has 2 aliphatic rings. The fraction of sp³-hybridized carbons (Fsp3) is 0.500. The molecule has 2 heterocycles. The van der Waals surface area contributed by atoms with Crippen LogP contribution in [0.2, 0.25) is 0 Å². The number of carbonyl (C=O) groups excluding carboxylic acids is 1. The number of hydrogen-bond donors (Lipinski definition) is 1. The predicted octanol–water partition coefficient (Wildman–Crippen LogP) is 4.00. The Morgan fingerprint density at radius 2 is 1.83 bits per heavy atom. The summed E-state index contributed by atoms with van der Waals surface area (Å²) in [6, 6.07) is 10.9. The molecule has 1 aliphatic carbocycles. The number of nitrogens with zero attached hydrogens (tertiary/aromatic N) is 1. The van der Waals surface area contributed by atoms with E-state index in [2.05, 4.69) is 31.3 Å². The number of amides is 1. The molecule has 1 N–H and O–H groups in total. The molecule has 0 unspecified atom stereocenters. The van der Waals surface area contributed by atoms with Crippen LogP contribution in [-0.2, 0) is 15.4 Å². The van der Waals surface area contributed by atoms with Crippen LogP contribution in [0.5, 0.6) is 0 Å². The first-order chi connectivity index (χ1) is 13.8. The van der Waals surface area contributed by atoms with E-state index in [0.29, 0.717) is 13.1 Å². The van der Waals surface area contributed by atoms with Crippen molar-refractivity contribution < 1.29 is 17.6 Å². The van der Waals surface area contributed by atoms with Crippen molar-refractivity contribution in [1.29, 1.82) is 0 Å². The summed E-state index contributed by atoms with van der Waals surface area (Å²) in [5, 5.41) is 2.87. The van der Waals surface area contributed by atoms with Gasteiger partial charge in [0.15, 0.2) is 5.76 Å². The van der Waals surface area contributed by atoms with Gasteiger partial charge in [0, 0.05) is 13.1 Å². The Morgan fingerprint density at radius 1 is 1.10 bits per heavy atom. The number of rotatable bonds is 4. The fourth-order valence-corrected chi connectivity index (χ4v) is 5.83. The van der Waals surface area contributed by atoms with Gasteiger partial charge in [0.25, 0.3) is 15.9 Å². The van der Waals surface area contributed by atoms with E-state index in [1.165, 1.54) is 22.0 Å². The van der Waals surface area contributed by atoms with Gasteiger partial charge >= 0.3 is 0 Å². The standard InChI is InChI=1S/C22H28N2O4S/c1-22(2)13-12-18(16-8-4-5-9-17(16)22)23-21(25)19-10-11-20(28-19)29(26,27)24-14-6-3-7-15-24/h4-5,8-11,18H,3,6-7,12-15H2,1-2H3,(H,23,25)/t18-/m0/s1. The van der Waals surface area contributed by atoms with Crippen molar-refractivity contribution in [2.24, 2.45) is 0 Å². The molecular formula is C22H28N2O4S. The highest BCUT2D eigenvalue weighted by Gasteiger charge is 2.34. The van der Waals surface area contributed by atoms with Crippen molar-refractivity contribution in [2.75, 3.05) is 13.1 Å². The molecule has 4 rings (SSSR count). The minimum absolute atomic E-state index is 0.0305. The largest absolute Gasteiger partial charge is 0.438 e.